The lowest BCUT2D eigenvalue weighted by atomic mass is 9.78. The van der Waals surface area contributed by atoms with E-state index in [1.807, 2.05) is 0 Å². The molecule has 0 bridgehead atoms. The fourth-order valence-electron chi connectivity index (χ4n) is 3.27. The van der Waals surface area contributed by atoms with Crippen molar-refractivity contribution in [3.05, 3.63) is 0 Å². The summed E-state index contributed by atoms with van der Waals surface area (Å²) in [4.78, 5) is 2.68. The molecule has 4 atom stereocenters. The highest BCUT2D eigenvalue weighted by atomic mass is 16.3. The zero-order valence-electron chi connectivity index (χ0n) is 10.7. The van der Waals surface area contributed by atoms with E-state index >= 15 is 0 Å². The number of nitrogens with one attached hydrogen (secondary N) is 1. The quantitative estimate of drug-likeness (QED) is 0.753. The van der Waals surface area contributed by atoms with Gasteiger partial charge in [0.25, 0.3) is 0 Å². The molecule has 2 N–H and O–H groups in total. The van der Waals surface area contributed by atoms with E-state index in [1.54, 1.807) is 0 Å². The third-order valence-corrected chi connectivity index (χ3v) is 4.28. The van der Waals surface area contributed by atoms with Gasteiger partial charge in [-0.05, 0) is 31.1 Å². The Balaban J connectivity index is 1.84. The van der Waals surface area contributed by atoms with Crippen LogP contribution < -0.4 is 5.32 Å². The first-order valence-electron chi connectivity index (χ1n) is 6.79. The normalized spacial score (nSPS) is 40.7. The molecule has 0 aromatic carbocycles. The van der Waals surface area contributed by atoms with Crippen LogP contribution in [-0.4, -0.2) is 48.3 Å². The summed E-state index contributed by atoms with van der Waals surface area (Å²) in [6.45, 7) is 8.18. The zero-order valence-corrected chi connectivity index (χ0v) is 10.7. The number of likely N-dealkylation sites (tertiary alicyclic amines) is 1. The van der Waals surface area contributed by atoms with Crippen molar-refractivity contribution in [2.75, 3.05) is 26.2 Å². The molecule has 3 nitrogen and oxygen atoms in total. The fourth-order valence-corrected chi connectivity index (χ4v) is 3.27. The summed E-state index contributed by atoms with van der Waals surface area (Å²) in [7, 11) is 0. The van der Waals surface area contributed by atoms with Crippen LogP contribution in [0.15, 0.2) is 0 Å². The maximum atomic E-state index is 8.86. The minimum atomic E-state index is 0.255. The molecule has 1 saturated heterocycles. The van der Waals surface area contributed by atoms with E-state index in [9.17, 15) is 0 Å². The summed E-state index contributed by atoms with van der Waals surface area (Å²) >= 11 is 0. The predicted octanol–water partition coefficient (Wildman–Crippen LogP) is 1.08. The van der Waals surface area contributed by atoms with Crippen molar-refractivity contribution >= 4 is 0 Å². The lowest BCUT2D eigenvalue weighted by Gasteiger charge is -2.48. The topological polar surface area (TPSA) is 35.5 Å². The minimum absolute atomic E-state index is 0.255. The third-order valence-electron chi connectivity index (χ3n) is 4.28. The van der Waals surface area contributed by atoms with Crippen LogP contribution in [0.5, 0.6) is 0 Å². The van der Waals surface area contributed by atoms with Gasteiger partial charge < -0.3 is 10.4 Å². The van der Waals surface area contributed by atoms with Gasteiger partial charge in [0.15, 0.2) is 0 Å². The summed E-state index contributed by atoms with van der Waals surface area (Å²) in [5.41, 5.74) is 0. The fraction of sp³-hybridized carbons (Fsp3) is 1.00. The minimum Gasteiger partial charge on any atom is -0.395 e. The Bertz CT molecular complexity index is 222. The molecule has 0 aromatic rings. The zero-order chi connectivity index (χ0) is 11.5. The second-order valence-electron chi connectivity index (χ2n) is 5.79. The number of hydrogen-bond donors (Lipinski definition) is 2. The van der Waals surface area contributed by atoms with E-state index in [-0.39, 0.29) is 6.61 Å². The van der Waals surface area contributed by atoms with Crippen LogP contribution in [0.4, 0.5) is 0 Å². The van der Waals surface area contributed by atoms with Crippen LogP contribution in [0.3, 0.4) is 0 Å². The molecule has 1 aliphatic carbocycles. The SMILES string of the molecule is CC1CC(NCCO)CN(C2CCC2C)C1. The van der Waals surface area contributed by atoms with Crippen LogP contribution in [0.25, 0.3) is 0 Å². The molecule has 0 amide bonds. The molecule has 1 heterocycles. The van der Waals surface area contributed by atoms with Crippen molar-refractivity contribution in [1.82, 2.24) is 10.2 Å². The van der Waals surface area contributed by atoms with Gasteiger partial charge in [0, 0.05) is 31.7 Å². The smallest absolute Gasteiger partial charge is 0.0556 e. The summed E-state index contributed by atoms with van der Waals surface area (Å²) in [5, 5.41) is 12.3. The van der Waals surface area contributed by atoms with E-state index in [4.69, 9.17) is 5.11 Å². The Morgan fingerprint density at radius 1 is 1.25 bits per heavy atom. The molecular formula is C13H26N2O. The van der Waals surface area contributed by atoms with Gasteiger partial charge in [-0.1, -0.05) is 13.8 Å². The Morgan fingerprint density at radius 2 is 2.06 bits per heavy atom. The molecule has 2 rings (SSSR count). The van der Waals surface area contributed by atoms with Crippen molar-refractivity contribution in [3.63, 3.8) is 0 Å². The second-order valence-corrected chi connectivity index (χ2v) is 5.79. The number of nitrogens with zero attached hydrogens (tertiary/aromatic N) is 1. The molecule has 2 aliphatic rings. The standard InChI is InChI=1S/C13H26N2O/c1-10-7-12(14-5-6-16)9-15(8-10)13-4-3-11(13)2/h10-14,16H,3-9H2,1-2H3. The Kier molecular flexibility index (Phi) is 4.22. The molecule has 1 saturated carbocycles. The number of aliphatic hydroxyl groups excluding tert-OH is 1. The average Bonchev–Trinajstić information content (AvgIpc) is 2.23. The van der Waals surface area contributed by atoms with E-state index in [1.165, 1.54) is 32.4 Å². The maximum Gasteiger partial charge on any atom is 0.0556 e. The van der Waals surface area contributed by atoms with Gasteiger partial charge in [-0.2, -0.15) is 0 Å². The van der Waals surface area contributed by atoms with E-state index < -0.39 is 0 Å². The number of hydrogen-bond acceptors (Lipinski definition) is 3. The molecule has 3 heteroatoms. The largest absolute Gasteiger partial charge is 0.395 e. The summed E-state index contributed by atoms with van der Waals surface area (Å²) in [6.07, 6.45) is 4.06. The van der Waals surface area contributed by atoms with Gasteiger partial charge in [0.2, 0.25) is 0 Å². The van der Waals surface area contributed by atoms with Crippen molar-refractivity contribution in [2.45, 2.75) is 45.2 Å². The molecule has 16 heavy (non-hydrogen) atoms. The van der Waals surface area contributed by atoms with Crippen molar-refractivity contribution in [3.8, 4) is 0 Å². The second kappa shape index (κ2) is 5.48. The van der Waals surface area contributed by atoms with E-state index in [0.29, 0.717) is 6.04 Å². The van der Waals surface area contributed by atoms with E-state index in [2.05, 4.69) is 24.1 Å². The molecule has 0 radical (unpaired) electrons. The Labute approximate surface area is 99.2 Å². The molecule has 1 aliphatic heterocycles. The van der Waals surface area contributed by atoms with Gasteiger partial charge in [-0.15, -0.1) is 0 Å². The van der Waals surface area contributed by atoms with Crippen LogP contribution in [0, 0.1) is 11.8 Å². The number of piperidine rings is 1. The predicted molar refractivity (Wildman–Crippen MR) is 66.4 cm³/mol. The Morgan fingerprint density at radius 3 is 2.62 bits per heavy atom. The van der Waals surface area contributed by atoms with Gasteiger partial charge in [-0.25, -0.2) is 0 Å². The highest BCUT2D eigenvalue weighted by molar-refractivity contribution is 4.92. The highest BCUT2D eigenvalue weighted by Gasteiger charge is 2.36. The molecule has 0 aromatic heterocycles. The number of aliphatic hydroxyl groups is 1. The lowest BCUT2D eigenvalue weighted by Crippen LogP contribution is -2.56. The summed E-state index contributed by atoms with van der Waals surface area (Å²) in [5.74, 6) is 1.68. The molecular weight excluding hydrogens is 200 g/mol. The molecule has 2 fully saturated rings. The molecule has 94 valence electrons. The highest BCUT2D eigenvalue weighted by Crippen LogP contribution is 2.34. The van der Waals surface area contributed by atoms with Crippen LogP contribution in [0.2, 0.25) is 0 Å². The Hall–Kier alpha value is -0.120. The van der Waals surface area contributed by atoms with Crippen molar-refractivity contribution in [2.24, 2.45) is 11.8 Å². The first-order chi connectivity index (χ1) is 7.70. The maximum absolute atomic E-state index is 8.86. The average molecular weight is 226 g/mol. The monoisotopic (exact) mass is 226 g/mol. The van der Waals surface area contributed by atoms with Crippen LogP contribution in [-0.2, 0) is 0 Å². The van der Waals surface area contributed by atoms with Gasteiger partial charge in [-0.3, -0.25) is 4.90 Å². The van der Waals surface area contributed by atoms with Gasteiger partial charge in [0.1, 0.15) is 0 Å². The van der Waals surface area contributed by atoms with Crippen LogP contribution >= 0.6 is 0 Å². The van der Waals surface area contributed by atoms with Gasteiger partial charge in [0.05, 0.1) is 6.61 Å². The van der Waals surface area contributed by atoms with E-state index in [0.717, 1.165) is 24.4 Å². The third kappa shape index (κ3) is 2.76. The van der Waals surface area contributed by atoms with Gasteiger partial charge >= 0.3 is 0 Å². The number of rotatable bonds is 4. The van der Waals surface area contributed by atoms with Crippen LogP contribution in [0.1, 0.15) is 33.1 Å². The summed E-state index contributed by atoms with van der Waals surface area (Å²) in [6, 6.07) is 1.42. The lowest BCUT2D eigenvalue weighted by molar-refractivity contribution is 0.0258. The van der Waals surface area contributed by atoms with Crippen molar-refractivity contribution in [1.29, 1.82) is 0 Å². The summed E-state index contributed by atoms with van der Waals surface area (Å²) < 4.78 is 0. The molecule has 4 unspecified atom stereocenters. The first kappa shape index (κ1) is 12.3. The van der Waals surface area contributed by atoms with Crippen molar-refractivity contribution < 1.29 is 5.11 Å². The molecule has 0 spiro atoms. The first-order valence-corrected chi connectivity index (χ1v) is 6.79.